The Hall–Kier alpha value is -1.81. The highest BCUT2D eigenvalue weighted by atomic mass is 35.5. The Morgan fingerprint density at radius 1 is 1.38 bits per heavy atom. The van der Waals surface area contributed by atoms with Gasteiger partial charge in [0.05, 0.1) is 6.33 Å². The van der Waals surface area contributed by atoms with Gasteiger partial charge in [-0.3, -0.25) is 4.79 Å². The van der Waals surface area contributed by atoms with Crippen molar-refractivity contribution in [2.24, 2.45) is 0 Å². The molecule has 1 heterocycles. The molecular weight excluding hydrogens is 226 g/mol. The van der Waals surface area contributed by atoms with E-state index in [2.05, 4.69) is 4.98 Å². The normalized spacial score (nSPS) is 10.3. The zero-order valence-electron chi connectivity index (χ0n) is 8.43. The third-order valence-corrected chi connectivity index (χ3v) is 2.55. The number of hydrogen-bond donors (Lipinski definition) is 1. The van der Waals surface area contributed by atoms with Crippen LogP contribution in [0.4, 0.5) is 5.69 Å². The molecule has 1 aromatic carbocycles. The number of nitrogens with two attached hydrogens (primary N) is 1. The molecule has 0 aliphatic carbocycles. The molecule has 5 heteroatoms. The van der Waals surface area contributed by atoms with E-state index in [0.717, 1.165) is 5.56 Å². The molecule has 0 radical (unpaired) electrons. The first-order valence-corrected chi connectivity index (χ1v) is 5.09. The van der Waals surface area contributed by atoms with E-state index in [1.54, 1.807) is 10.8 Å². The molecule has 0 saturated heterocycles. The van der Waals surface area contributed by atoms with E-state index in [0.29, 0.717) is 11.6 Å². The van der Waals surface area contributed by atoms with Crippen LogP contribution >= 0.6 is 11.6 Å². The van der Waals surface area contributed by atoms with Crippen LogP contribution in [0.25, 0.3) is 0 Å². The second-order valence-electron chi connectivity index (χ2n) is 3.40. The molecule has 0 fully saturated rings. The van der Waals surface area contributed by atoms with Crippen LogP contribution in [0, 0.1) is 0 Å². The van der Waals surface area contributed by atoms with E-state index < -0.39 is 5.56 Å². The molecule has 2 N–H and O–H groups in total. The van der Waals surface area contributed by atoms with Gasteiger partial charge in [-0.1, -0.05) is 29.8 Å². The van der Waals surface area contributed by atoms with Crippen molar-refractivity contribution in [3.63, 3.8) is 0 Å². The number of halogens is 1. The van der Waals surface area contributed by atoms with E-state index in [1.807, 2.05) is 24.3 Å². The summed E-state index contributed by atoms with van der Waals surface area (Å²) in [6, 6.07) is 7.50. The van der Waals surface area contributed by atoms with E-state index in [9.17, 15) is 4.79 Å². The van der Waals surface area contributed by atoms with Crippen LogP contribution < -0.4 is 11.3 Å². The minimum Gasteiger partial charge on any atom is -0.393 e. The third kappa shape index (κ3) is 2.23. The number of anilines is 1. The van der Waals surface area contributed by atoms with Crippen LogP contribution in [0.15, 0.2) is 41.6 Å². The maximum Gasteiger partial charge on any atom is 0.295 e. The lowest BCUT2D eigenvalue weighted by molar-refractivity contribution is 0.763. The number of hydrogen-bond acceptors (Lipinski definition) is 3. The first-order chi connectivity index (χ1) is 7.66. The smallest absolute Gasteiger partial charge is 0.295 e. The molecule has 0 amide bonds. The molecule has 1 aromatic heterocycles. The molecule has 4 nitrogen and oxygen atoms in total. The molecule has 2 rings (SSSR count). The molecule has 82 valence electrons. The Labute approximate surface area is 97.3 Å². The molecular formula is C11H10ClN3O. The van der Waals surface area contributed by atoms with Gasteiger partial charge in [0.2, 0.25) is 0 Å². The summed E-state index contributed by atoms with van der Waals surface area (Å²) < 4.78 is 1.72. The van der Waals surface area contributed by atoms with Gasteiger partial charge in [-0.15, -0.1) is 0 Å². The van der Waals surface area contributed by atoms with Gasteiger partial charge in [0.1, 0.15) is 5.69 Å². The van der Waals surface area contributed by atoms with Crippen molar-refractivity contribution in [2.75, 3.05) is 5.73 Å². The van der Waals surface area contributed by atoms with Crippen molar-refractivity contribution in [3.05, 3.63) is 57.7 Å². The molecule has 0 atom stereocenters. The maximum atomic E-state index is 11.0. The fraction of sp³-hybridized carbons (Fsp3) is 0.0909. The minimum atomic E-state index is -0.407. The van der Waals surface area contributed by atoms with Crippen LogP contribution in [0.5, 0.6) is 0 Å². The molecule has 0 spiro atoms. The van der Waals surface area contributed by atoms with Gasteiger partial charge in [0, 0.05) is 17.8 Å². The van der Waals surface area contributed by atoms with Crippen LogP contribution in [0.2, 0.25) is 5.02 Å². The minimum absolute atomic E-state index is 0.134. The Morgan fingerprint density at radius 2 is 2.12 bits per heavy atom. The summed E-state index contributed by atoms with van der Waals surface area (Å²) in [7, 11) is 0. The van der Waals surface area contributed by atoms with Gasteiger partial charge >= 0.3 is 0 Å². The van der Waals surface area contributed by atoms with Crippen molar-refractivity contribution >= 4 is 17.3 Å². The number of benzene rings is 1. The van der Waals surface area contributed by atoms with Crippen molar-refractivity contribution < 1.29 is 0 Å². The number of rotatable bonds is 2. The fourth-order valence-corrected chi connectivity index (χ4v) is 1.57. The van der Waals surface area contributed by atoms with E-state index in [4.69, 9.17) is 17.3 Å². The summed E-state index contributed by atoms with van der Waals surface area (Å²) in [6.07, 6.45) is 3.00. The largest absolute Gasteiger partial charge is 0.393 e. The van der Waals surface area contributed by atoms with E-state index in [1.165, 1.54) is 6.33 Å². The Bertz CT molecular complexity index is 565. The van der Waals surface area contributed by atoms with Crippen LogP contribution in [0.1, 0.15) is 5.56 Å². The topological polar surface area (TPSA) is 60.9 Å². The van der Waals surface area contributed by atoms with Crippen LogP contribution in [-0.4, -0.2) is 9.55 Å². The summed E-state index contributed by atoms with van der Waals surface area (Å²) >= 11 is 6.02. The van der Waals surface area contributed by atoms with E-state index >= 15 is 0 Å². The quantitative estimate of drug-likeness (QED) is 0.859. The highest BCUT2D eigenvalue weighted by Crippen LogP contribution is 2.15. The molecule has 2 aromatic rings. The van der Waals surface area contributed by atoms with Gasteiger partial charge in [-0.2, -0.15) is 4.98 Å². The average molecular weight is 236 g/mol. The van der Waals surface area contributed by atoms with Crippen molar-refractivity contribution in [2.45, 2.75) is 6.54 Å². The van der Waals surface area contributed by atoms with Gasteiger partial charge in [-0.05, 0) is 11.6 Å². The van der Waals surface area contributed by atoms with Crippen molar-refractivity contribution in [1.29, 1.82) is 0 Å². The molecule has 0 aliphatic rings. The zero-order valence-corrected chi connectivity index (χ0v) is 9.19. The summed E-state index contributed by atoms with van der Waals surface area (Å²) in [5.74, 6) is 0. The zero-order chi connectivity index (χ0) is 11.5. The SMILES string of the molecule is Nc1cn(Cc2ccccc2Cl)cnc1=O. The van der Waals surface area contributed by atoms with Gasteiger partial charge in [0.25, 0.3) is 5.56 Å². The van der Waals surface area contributed by atoms with E-state index in [-0.39, 0.29) is 5.69 Å². The summed E-state index contributed by atoms with van der Waals surface area (Å²) in [4.78, 5) is 14.7. The molecule has 0 saturated carbocycles. The predicted molar refractivity (Wildman–Crippen MR) is 63.5 cm³/mol. The van der Waals surface area contributed by atoms with Gasteiger partial charge in [-0.25, -0.2) is 0 Å². The van der Waals surface area contributed by atoms with Gasteiger partial charge in [0.15, 0.2) is 0 Å². The molecule has 16 heavy (non-hydrogen) atoms. The number of nitrogen functional groups attached to an aromatic ring is 1. The predicted octanol–water partition coefficient (Wildman–Crippen LogP) is 1.53. The second kappa shape index (κ2) is 4.37. The van der Waals surface area contributed by atoms with Crippen molar-refractivity contribution in [1.82, 2.24) is 9.55 Å². The Morgan fingerprint density at radius 3 is 2.81 bits per heavy atom. The van der Waals surface area contributed by atoms with Crippen molar-refractivity contribution in [3.8, 4) is 0 Å². The third-order valence-electron chi connectivity index (χ3n) is 2.19. The average Bonchev–Trinajstić information content (AvgIpc) is 2.27. The number of nitrogens with zero attached hydrogens (tertiary/aromatic N) is 2. The Balaban J connectivity index is 2.31. The molecule has 0 bridgehead atoms. The summed E-state index contributed by atoms with van der Waals surface area (Å²) in [6.45, 7) is 0.539. The lowest BCUT2D eigenvalue weighted by atomic mass is 10.2. The summed E-state index contributed by atoms with van der Waals surface area (Å²) in [5, 5.41) is 0.680. The van der Waals surface area contributed by atoms with Crippen LogP contribution in [0.3, 0.4) is 0 Å². The maximum absolute atomic E-state index is 11.0. The monoisotopic (exact) mass is 235 g/mol. The number of aromatic nitrogens is 2. The van der Waals surface area contributed by atoms with Gasteiger partial charge < -0.3 is 10.3 Å². The highest BCUT2D eigenvalue weighted by Gasteiger charge is 2.01. The molecule has 0 aliphatic heterocycles. The first-order valence-electron chi connectivity index (χ1n) is 4.72. The highest BCUT2D eigenvalue weighted by molar-refractivity contribution is 6.31. The molecule has 0 unspecified atom stereocenters. The summed E-state index contributed by atoms with van der Waals surface area (Å²) in [5.41, 5.74) is 6.16. The fourth-order valence-electron chi connectivity index (χ4n) is 1.38. The standard InChI is InChI=1S/C11H10ClN3O/c12-9-4-2-1-3-8(9)5-15-6-10(13)11(16)14-7-15/h1-4,6-7H,5,13H2. The lowest BCUT2D eigenvalue weighted by Gasteiger charge is -2.07. The second-order valence-corrected chi connectivity index (χ2v) is 3.81. The first kappa shape index (κ1) is 10.7. The Kier molecular flexibility index (Phi) is 2.92. The lowest BCUT2D eigenvalue weighted by Crippen LogP contribution is -2.15. The van der Waals surface area contributed by atoms with Crippen LogP contribution in [-0.2, 0) is 6.54 Å².